The fourth-order valence-electron chi connectivity index (χ4n) is 2.11. The quantitative estimate of drug-likeness (QED) is 0.529. The summed E-state index contributed by atoms with van der Waals surface area (Å²) in [6.07, 6.45) is 6.28. The summed E-state index contributed by atoms with van der Waals surface area (Å²) in [4.78, 5) is 16.6. The van der Waals surface area contributed by atoms with Crippen LogP contribution in [0.2, 0.25) is 0 Å². The second-order valence-corrected chi connectivity index (χ2v) is 6.47. The Labute approximate surface area is 124 Å². The lowest BCUT2D eigenvalue weighted by Crippen LogP contribution is -2.32. The van der Waals surface area contributed by atoms with Crippen LogP contribution in [0.25, 0.3) is 0 Å². The van der Waals surface area contributed by atoms with Gasteiger partial charge in [-0.3, -0.25) is 4.79 Å². The van der Waals surface area contributed by atoms with E-state index in [0.717, 1.165) is 25.1 Å². The van der Waals surface area contributed by atoms with Crippen LogP contribution in [0, 0.1) is 0 Å². The van der Waals surface area contributed by atoms with Crippen LogP contribution in [0.15, 0.2) is 12.1 Å². The van der Waals surface area contributed by atoms with Crippen LogP contribution < -0.4 is 16.6 Å². The molecule has 6 heteroatoms. The van der Waals surface area contributed by atoms with E-state index in [2.05, 4.69) is 28.9 Å². The largest absolute Gasteiger partial charge is 0.351 e. The summed E-state index contributed by atoms with van der Waals surface area (Å²) < 4.78 is 0.268. The Morgan fingerprint density at radius 3 is 2.80 bits per heavy atom. The smallest absolute Gasteiger partial charge is 0.251 e. The van der Waals surface area contributed by atoms with Crippen LogP contribution in [-0.4, -0.2) is 28.4 Å². The molecule has 4 N–H and O–H groups in total. The van der Waals surface area contributed by atoms with E-state index in [1.165, 1.54) is 12.8 Å². The average molecular weight is 294 g/mol. The third-order valence-corrected chi connectivity index (χ3v) is 5.03. The highest BCUT2D eigenvalue weighted by Crippen LogP contribution is 2.46. The molecule has 0 radical (unpaired) electrons. The van der Waals surface area contributed by atoms with Crippen molar-refractivity contribution >= 4 is 23.5 Å². The topological polar surface area (TPSA) is 80.0 Å². The van der Waals surface area contributed by atoms with E-state index in [-0.39, 0.29) is 10.7 Å². The van der Waals surface area contributed by atoms with Gasteiger partial charge in [0.25, 0.3) is 5.91 Å². The van der Waals surface area contributed by atoms with Gasteiger partial charge in [-0.05, 0) is 37.7 Å². The Morgan fingerprint density at radius 2 is 2.25 bits per heavy atom. The molecular weight excluding hydrogens is 272 g/mol. The van der Waals surface area contributed by atoms with E-state index in [1.54, 1.807) is 6.07 Å². The van der Waals surface area contributed by atoms with E-state index in [1.807, 2.05) is 17.8 Å². The molecule has 0 saturated heterocycles. The number of carbonyl (C=O) groups is 1. The molecule has 2 rings (SSSR count). The minimum atomic E-state index is -0.0541. The first-order valence-electron chi connectivity index (χ1n) is 6.93. The lowest BCUT2D eigenvalue weighted by molar-refractivity contribution is 0.0953. The number of hydrogen-bond donors (Lipinski definition) is 3. The van der Waals surface area contributed by atoms with Gasteiger partial charge in [-0.1, -0.05) is 13.3 Å². The maximum Gasteiger partial charge on any atom is 0.251 e. The van der Waals surface area contributed by atoms with Gasteiger partial charge in [0.05, 0.1) is 0 Å². The van der Waals surface area contributed by atoms with Gasteiger partial charge in [-0.25, -0.2) is 10.8 Å². The molecule has 0 spiro atoms. The van der Waals surface area contributed by atoms with E-state index in [0.29, 0.717) is 11.4 Å². The second kappa shape index (κ2) is 6.45. The molecule has 5 nitrogen and oxygen atoms in total. The summed E-state index contributed by atoms with van der Waals surface area (Å²) in [5.74, 6) is 5.89. The van der Waals surface area contributed by atoms with E-state index >= 15 is 0 Å². The summed E-state index contributed by atoms with van der Waals surface area (Å²) in [6, 6.07) is 3.53. The van der Waals surface area contributed by atoms with Crippen LogP contribution >= 0.6 is 11.8 Å². The van der Waals surface area contributed by atoms with Crippen LogP contribution in [0.5, 0.6) is 0 Å². The summed E-state index contributed by atoms with van der Waals surface area (Å²) in [5.41, 5.74) is 4.03. The number of amides is 1. The fraction of sp³-hybridized carbons (Fsp3) is 0.571. The van der Waals surface area contributed by atoms with Gasteiger partial charge >= 0.3 is 0 Å². The van der Waals surface area contributed by atoms with Gasteiger partial charge < -0.3 is 10.7 Å². The van der Waals surface area contributed by atoms with Gasteiger partial charge in [-0.2, -0.15) is 11.8 Å². The van der Waals surface area contributed by atoms with Crippen LogP contribution in [0.3, 0.4) is 0 Å². The minimum absolute atomic E-state index is 0.0541. The standard InChI is InChI=1S/C14H22N4OS/c1-3-4-11-7-10(8-12(17-11)18-15)13(19)16-9-14(20-2)5-6-14/h7-8H,3-6,9,15H2,1-2H3,(H,16,19)(H,17,18). The van der Waals surface area contributed by atoms with E-state index < -0.39 is 0 Å². The average Bonchev–Trinajstić information content (AvgIpc) is 3.25. The van der Waals surface area contributed by atoms with Crippen LogP contribution in [0.1, 0.15) is 42.2 Å². The number of nitrogens with one attached hydrogen (secondary N) is 2. The minimum Gasteiger partial charge on any atom is -0.351 e. The highest BCUT2D eigenvalue weighted by molar-refractivity contribution is 8.00. The second-order valence-electron chi connectivity index (χ2n) is 5.20. The molecule has 1 aliphatic rings. The van der Waals surface area contributed by atoms with Crippen molar-refractivity contribution < 1.29 is 4.79 Å². The summed E-state index contributed by atoms with van der Waals surface area (Å²) in [6.45, 7) is 2.81. The molecule has 20 heavy (non-hydrogen) atoms. The van der Waals surface area contributed by atoms with Crippen molar-refractivity contribution in [2.45, 2.75) is 37.4 Å². The lowest BCUT2D eigenvalue weighted by atomic mass is 10.1. The van der Waals surface area contributed by atoms with Gasteiger partial charge in [0.2, 0.25) is 0 Å². The third kappa shape index (κ3) is 3.64. The molecule has 1 aromatic heterocycles. The maximum absolute atomic E-state index is 12.2. The summed E-state index contributed by atoms with van der Waals surface area (Å²) in [7, 11) is 0. The van der Waals surface area contributed by atoms with Crippen molar-refractivity contribution in [1.29, 1.82) is 0 Å². The number of thioether (sulfide) groups is 1. The van der Waals surface area contributed by atoms with Gasteiger partial charge in [0.1, 0.15) is 5.82 Å². The number of pyridine rings is 1. The number of anilines is 1. The highest BCUT2D eigenvalue weighted by Gasteiger charge is 2.41. The predicted molar refractivity (Wildman–Crippen MR) is 83.9 cm³/mol. The summed E-state index contributed by atoms with van der Waals surface area (Å²) in [5, 5.41) is 3.02. The molecule has 1 aliphatic carbocycles. The van der Waals surface area contributed by atoms with Crippen molar-refractivity contribution in [2.75, 3.05) is 18.2 Å². The van der Waals surface area contributed by atoms with Crippen molar-refractivity contribution in [3.63, 3.8) is 0 Å². The fourth-order valence-corrected chi connectivity index (χ4v) is 2.84. The predicted octanol–water partition coefficient (Wildman–Crippen LogP) is 1.95. The van der Waals surface area contributed by atoms with Crippen molar-refractivity contribution in [3.05, 3.63) is 23.4 Å². The SMILES string of the molecule is CCCc1cc(C(=O)NCC2(SC)CC2)cc(NN)n1. The normalized spacial score (nSPS) is 15.8. The molecule has 1 saturated carbocycles. The molecular formula is C14H22N4OS. The molecule has 0 unspecified atom stereocenters. The number of aromatic nitrogens is 1. The number of nitrogens with zero attached hydrogens (tertiary/aromatic N) is 1. The molecule has 1 aromatic rings. The number of hydrogen-bond acceptors (Lipinski definition) is 5. The first kappa shape index (κ1) is 15.1. The molecule has 1 fully saturated rings. The Bertz CT molecular complexity index is 488. The Kier molecular flexibility index (Phi) is 4.88. The Morgan fingerprint density at radius 1 is 1.50 bits per heavy atom. The van der Waals surface area contributed by atoms with Crippen LogP contribution in [0.4, 0.5) is 5.82 Å². The first-order valence-corrected chi connectivity index (χ1v) is 8.16. The van der Waals surface area contributed by atoms with Crippen molar-refractivity contribution in [3.8, 4) is 0 Å². The van der Waals surface area contributed by atoms with Gasteiger partial charge in [0, 0.05) is 22.5 Å². The third-order valence-electron chi connectivity index (χ3n) is 3.61. The highest BCUT2D eigenvalue weighted by atomic mass is 32.2. The number of rotatable bonds is 7. The van der Waals surface area contributed by atoms with Gasteiger partial charge in [-0.15, -0.1) is 0 Å². The number of nitrogen functional groups attached to an aromatic ring is 1. The lowest BCUT2D eigenvalue weighted by Gasteiger charge is -2.14. The molecule has 0 atom stereocenters. The number of aryl methyl sites for hydroxylation is 1. The van der Waals surface area contributed by atoms with Gasteiger partial charge in [0.15, 0.2) is 0 Å². The van der Waals surface area contributed by atoms with Crippen LogP contribution in [-0.2, 0) is 6.42 Å². The molecule has 0 bridgehead atoms. The van der Waals surface area contributed by atoms with E-state index in [9.17, 15) is 4.79 Å². The monoisotopic (exact) mass is 294 g/mol. The van der Waals surface area contributed by atoms with Crippen molar-refractivity contribution in [2.24, 2.45) is 5.84 Å². The number of carbonyl (C=O) groups excluding carboxylic acids is 1. The molecule has 0 aliphatic heterocycles. The number of hydrazine groups is 1. The maximum atomic E-state index is 12.2. The molecule has 0 aromatic carbocycles. The first-order chi connectivity index (χ1) is 9.62. The van der Waals surface area contributed by atoms with E-state index in [4.69, 9.17) is 5.84 Å². The molecule has 110 valence electrons. The Balaban J connectivity index is 2.06. The molecule has 1 amide bonds. The zero-order chi connectivity index (χ0) is 14.6. The Hall–Kier alpha value is -1.27. The zero-order valence-corrected chi connectivity index (χ0v) is 12.8. The van der Waals surface area contributed by atoms with Crippen molar-refractivity contribution in [1.82, 2.24) is 10.3 Å². The molecule has 1 heterocycles. The number of nitrogens with two attached hydrogens (primary N) is 1. The zero-order valence-electron chi connectivity index (χ0n) is 12.0. The summed E-state index contributed by atoms with van der Waals surface area (Å²) >= 11 is 1.83.